The molecule has 1 fully saturated rings. The number of thiazole rings is 1. The Labute approximate surface area is 203 Å². The van der Waals surface area contributed by atoms with Crippen LogP contribution in [0.5, 0.6) is 5.75 Å². The summed E-state index contributed by atoms with van der Waals surface area (Å²) in [4.78, 5) is 5.39. The molecule has 2 heterocycles. The summed E-state index contributed by atoms with van der Waals surface area (Å²) in [5.74, 6) is 0.482. The van der Waals surface area contributed by atoms with Gasteiger partial charge in [0.25, 0.3) is 0 Å². The Hall–Kier alpha value is -2.64. The Balaban J connectivity index is 1.54. The number of rotatable bonds is 7. The summed E-state index contributed by atoms with van der Waals surface area (Å²) in [6.07, 6.45) is -1.89. The number of benzene rings is 2. The Morgan fingerprint density at radius 3 is 2.59 bits per heavy atom. The Bertz CT molecular complexity index is 1170. The maximum absolute atomic E-state index is 12.9. The lowest BCUT2D eigenvalue weighted by atomic mass is 10.1. The molecule has 178 valence electrons. The van der Waals surface area contributed by atoms with Crippen LogP contribution in [0.25, 0.3) is 10.6 Å². The minimum Gasteiger partial charge on any atom is -0.488 e. The lowest BCUT2D eigenvalue weighted by Gasteiger charge is -2.22. The predicted octanol–water partition coefficient (Wildman–Crippen LogP) is 6.98. The third-order valence-corrected chi connectivity index (χ3v) is 6.65. The van der Waals surface area contributed by atoms with Crippen LogP contribution < -0.4 is 4.74 Å². The second kappa shape index (κ2) is 10.7. The first-order chi connectivity index (χ1) is 16.3. The van der Waals surface area contributed by atoms with Crippen molar-refractivity contribution in [2.24, 2.45) is 0 Å². The lowest BCUT2D eigenvalue weighted by molar-refractivity contribution is -0.169. The molecule has 1 saturated heterocycles. The van der Waals surface area contributed by atoms with Crippen LogP contribution >= 0.6 is 22.9 Å². The normalized spacial score (nSPS) is 16.3. The first-order valence-corrected chi connectivity index (χ1v) is 11.7. The van der Waals surface area contributed by atoms with Gasteiger partial charge < -0.3 is 14.2 Å². The summed E-state index contributed by atoms with van der Waals surface area (Å²) in [5.41, 5.74) is 0.833. The van der Waals surface area contributed by atoms with Gasteiger partial charge in [-0.15, -0.1) is 11.3 Å². The van der Waals surface area contributed by atoms with Gasteiger partial charge in [-0.2, -0.15) is 18.4 Å². The molecule has 1 aliphatic heterocycles. The van der Waals surface area contributed by atoms with Crippen molar-refractivity contribution in [2.75, 3.05) is 6.61 Å². The van der Waals surface area contributed by atoms with Crippen LogP contribution in [-0.4, -0.2) is 17.9 Å². The minimum absolute atomic E-state index is 0.157. The van der Waals surface area contributed by atoms with Crippen LogP contribution in [0.4, 0.5) is 13.2 Å². The molecule has 0 N–H and O–H groups in total. The summed E-state index contributed by atoms with van der Waals surface area (Å²) < 4.78 is 56.1. The molecule has 0 spiro atoms. The third kappa shape index (κ3) is 6.07. The number of halogens is 4. The summed E-state index contributed by atoms with van der Waals surface area (Å²) in [5, 5.41) is 9.87. The smallest absolute Gasteiger partial charge is 0.416 e. The van der Waals surface area contributed by atoms with Gasteiger partial charge in [0.2, 0.25) is 0 Å². The van der Waals surface area contributed by atoms with E-state index >= 15 is 0 Å². The number of alkyl halides is 3. The van der Waals surface area contributed by atoms with Gasteiger partial charge in [0.1, 0.15) is 23.4 Å². The van der Waals surface area contributed by atoms with E-state index in [0.717, 1.165) is 36.3 Å². The van der Waals surface area contributed by atoms with E-state index in [9.17, 15) is 13.2 Å². The molecular formula is C24H20ClF3N2O3S. The van der Waals surface area contributed by atoms with Crippen LogP contribution in [0.2, 0.25) is 5.02 Å². The molecule has 5 nitrogen and oxygen atoms in total. The molecule has 0 aliphatic carbocycles. The van der Waals surface area contributed by atoms with Crippen molar-refractivity contribution in [1.82, 2.24) is 4.98 Å². The highest BCUT2D eigenvalue weighted by atomic mass is 35.5. The number of hydrogen-bond acceptors (Lipinski definition) is 6. The number of hydrogen-bond donors (Lipinski definition) is 0. The summed E-state index contributed by atoms with van der Waals surface area (Å²) in [7, 11) is 0. The van der Waals surface area contributed by atoms with E-state index in [-0.39, 0.29) is 24.5 Å². The number of ether oxygens (including phenoxy) is 3. The van der Waals surface area contributed by atoms with Gasteiger partial charge in [0.05, 0.1) is 33.3 Å². The van der Waals surface area contributed by atoms with E-state index < -0.39 is 11.7 Å². The topological polar surface area (TPSA) is 64.4 Å². The van der Waals surface area contributed by atoms with Crippen molar-refractivity contribution in [2.45, 2.75) is 44.9 Å². The molecule has 0 saturated carbocycles. The Morgan fingerprint density at radius 1 is 1.15 bits per heavy atom. The van der Waals surface area contributed by atoms with E-state index in [1.54, 1.807) is 18.2 Å². The van der Waals surface area contributed by atoms with E-state index in [1.807, 2.05) is 6.07 Å². The van der Waals surface area contributed by atoms with Gasteiger partial charge in [0, 0.05) is 18.2 Å². The summed E-state index contributed by atoms with van der Waals surface area (Å²) >= 11 is 7.40. The monoisotopic (exact) mass is 508 g/mol. The van der Waals surface area contributed by atoms with Crippen molar-refractivity contribution < 1.29 is 27.4 Å². The highest BCUT2D eigenvalue weighted by Crippen LogP contribution is 2.34. The molecule has 1 aliphatic rings. The van der Waals surface area contributed by atoms with Gasteiger partial charge in [-0.1, -0.05) is 23.7 Å². The van der Waals surface area contributed by atoms with Crippen molar-refractivity contribution in [1.29, 1.82) is 5.26 Å². The van der Waals surface area contributed by atoms with Gasteiger partial charge in [-0.3, -0.25) is 0 Å². The average Bonchev–Trinajstić information content (AvgIpc) is 3.25. The maximum atomic E-state index is 12.9. The van der Waals surface area contributed by atoms with Crippen LogP contribution in [0.3, 0.4) is 0 Å². The van der Waals surface area contributed by atoms with Crippen molar-refractivity contribution in [3.05, 3.63) is 69.2 Å². The maximum Gasteiger partial charge on any atom is 0.416 e. The van der Waals surface area contributed by atoms with Crippen molar-refractivity contribution in [3.8, 4) is 22.4 Å². The van der Waals surface area contributed by atoms with E-state index in [2.05, 4.69) is 4.98 Å². The SMILES string of the molecule is N#Cc1ccc(OCc2sc(-c3ccc(C(F)(F)F)cc3)nc2COC2CCCCO2)cc1Cl. The molecule has 2 aromatic carbocycles. The molecular weight excluding hydrogens is 489 g/mol. The van der Waals surface area contributed by atoms with Crippen LogP contribution in [0.15, 0.2) is 42.5 Å². The van der Waals surface area contributed by atoms with E-state index in [0.29, 0.717) is 34.2 Å². The highest BCUT2D eigenvalue weighted by Gasteiger charge is 2.30. The van der Waals surface area contributed by atoms with Gasteiger partial charge >= 0.3 is 6.18 Å². The Morgan fingerprint density at radius 2 is 1.94 bits per heavy atom. The van der Waals surface area contributed by atoms with Gasteiger partial charge in [0.15, 0.2) is 6.29 Å². The fourth-order valence-corrected chi connectivity index (χ4v) is 4.57. The van der Waals surface area contributed by atoms with Crippen molar-refractivity contribution >= 4 is 22.9 Å². The quantitative estimate of drug-likeness (QED) is 0.344. The number of aromatic nitrogens is 1. The van der Waals surface area contributed by atoms with E-state index in [4.69, 9.17) is 31.1 Å². The third-order valence-electron chi connectivity index (χ3n) is 5.21. The van der Waals surface area contributed by atoms with E-state index in [1.165, 1.54) is 23.5 Å². The van der Waals surface area contributed by atoms with Crippen molar-refractivity contribution in [3.63, 3.8) is 0 Å². The van der Waals surface area contributed by atoms with Crippen LogP contribution in [0.1, 0.15) is 41.0 Å². The summed E-state index contributed by atoms with van der Waals surface area (Å²) in [6, 6.07) is 11.7. The fraction of sp³-hybridized carbons (Fsp3) is 0.333. The zero-order chi connectivity index (χ0) is 24.1. The second-order valence-electron chi connectivity index (χ2n) is 7.61. The molecule has 3 aromatic rings. The molecule has 0 radical (unpaired) electrons. The first kappa shape index (κ1) is 24.5. The predicted molar refractivity (Wildman–Crippen MR) is 121 cm³/mol. The average molecular weight is 509 g/mol. The molecule has 1 atom stereocenters. The standard InChI is InChI=1S/C24H20ClF3N2O3S/c25-19-11-18(9-6-16(19)12-29)32-14-21-20(13-33-22-3-1-2-10-31-22)30-23(34-21)15-4-7-17(8-5-15)24(26,27)28/h4-9,11,22H,1-3,10,13-14H2. The highest BCUT2D eigenvalue weighted by molar-refractivity contribution is 7.15. The molecule has 1 aromatic heterocycles. The number of nitriles is 1. The molecule has 1 unspecified atom stereocenters. The first-order valence-electron chi connectivity index (χ1n) is 10.6. The van der Waals surface area contributed by atoms with Gasteiger partial charge in [-0.05, 0) is 43.5 Å². The molecule has 0 bridgehead atoms. The molecule has 4 rings (SSSR count). The molecule has 34 heavy (non-hydrogen) atoms. The van der Waals surface area contributed by atoms with Crippen LogP contribution in [0, 0.1) is 11.3 Å². The Kier molecular flexibility index (Phi) is 7.73. The summed E-state index contributed by atoms with van der Waals surface area (Å²) in [6.45, 7) is 0.993. The lowest BCUT2D eigenvalue weighted by Crippen LogP contribution is -2.22. The molecule has 0 amide bonds. The van der Waals surface area contributed by atoms with Crippen LogP contribution in [-0.2, 0) is 28.9 Å². The fourth-order valence-electron chi connectivity index (χ4n) is 3.37. The number of nitrogens with zero attached hydrogens (tertiary/aromatic N) is 2. The molecule has 10 heteroatoms. The minimum atomic E-state index is -4.40. The zero-order valence-corrected chi connectivity index (χ0v) is 19.5. The second-order valence-corrected chi connectivity index (χ2v) is 9.10. The van der Waals surface area contributed by atoms with Gasteiger partial charge in [-0.25, -0.2) is 4.98 Å². The zero-order valence-electron chi connectivity index (χ0n) is 17.9. The largest absolute Gasteiger partial charge is 0.488 e.